The lowest BCUT2D eigenvalue weighted by atomic mass is 10.4. The van der Waals surface area contributed by atoms with Gasteiger partial charge in [0.15, 0.2) is 0 Å². The topological polar surface area (TPSA) is 42.1 Å². The second kappa shape index (κ2) is 5.07. The van der Waals surface area contributed by atoms with Crippen LogP contribution >= 0.6 is 0 Å². The van der Waals surface area contributed by atoms with Crippen LogP contribution in [0, 0.1) is 0 Å². The predicted octanol–water partition coefficient (Wildman–Crippen LogP) is 1.84. The van der Waals surface area contributed by atoms with Gasteiger partial charge in [0.05, 0.1) is 0 Å². The minimum Gasteiger partial charge on any atom is -0.384 e. The Kier molecular flexibility index (Phi) is 3.73. The molecule has 0 atom stereocenters. The maximum atomic E-state index is 5.60. The van der Waals surface area contributed by atoms with Crippen molar-refractivity contribution in [2.24, 2.45) is 0 Å². The molecule has 1 heterocycles. The lowest BCUT2D eigenvalue weighted by molar-refractivity contribution is 0.928. The van der Waals surface area contributed by atoms with E-state index in [2.05, 4.69) is 18.1 Å². The van der Waals surface area contributed by atoms with E-state index in [-0.39, 0.29) is 0 Å². The summed E-state index contributed by atoms with van der Waals surface area (Å²) in [5.41, 5.74) is 5.60. The molecule has 3 nitrogen and oxygen atoms in total. The molecule has 74 valence electrons. The first-order valence-corrected chi connectivity index (χ1v) is 4.47. The van der Waals surface area contributed by atoms with E-state index in [1.807, 2.05) is 29.2 Å². The van der Waals surface area contributed by atoms with Crippen LogP contribution in [0.1, 0.15) is 0 Å². The summed E-state index contributed by atoms with van der Waals surface area (Å²) in [5, 5.41) is 0. The summed E-state index contributed by atoms with van der Waals surface area (Å²) in [6.07, 6.45) is 3.66. The van der Waals surface area contributed by atoms with E-state index in [0.717, 1.165) is 18.9 Å². The SMILES string of the molecule is C=CCN(CC=C)c1cccc(N)n1. The van der Waals surface area contributed by atoms with Crippen molar-refractivity contribution in [1.29, 1.82) is 0 Å². The molecule has 3 heteroatoms. The second-order valence-corrected chi connectivity index (χ2v) is 2.90. The second-order valence-electron chi connectivity index (χ2n) is 2.90. The number of nitrogens with two attached hydrogens (primary N) is 1. The van der Waals surface area contributed by atoms with Crippen LogP contribution in [-0.4, -0.2) is 18.1 Å². The maximum Gasteiger partial charge on any atom is 0.131 e. The third-order valence-corrected chi connectivity index (χ3v) is 1.78. The zero-order valence-corrected chi connectivity index (χ0v) is 8.19. The number of pyridine rings is 1. The molecule has 0 aliphatic carbocycles. The van der Waals surface area contributed by atoms with Crippen molar-refractivity contribution in [2.75, 3.05) is 23.7 Å². The predicted molar refractivity (Wildman–Crippen MR) is 61.3 cm³/mol. The Morgan fingerprint density at radius 3 is 2.43 bits per heavy atom. The van der Waals surface area contributed by atoms with E-state index >= 15 is 0 Å². The van der Waals surface area contributed by atoms with Gasteiger partial charge in [0, 0.05) is 13.1 Å². The molecule has 14 heavy (non-hydrogen) atoms. The van der Waals surface area contributed by atoms with Gasteiger partial charge in [-0.15, -0.1) is 13.2 Å². The van der Waals surface area contributed by atoms with Crippen LogP contribution in [0.4, 0.5) is 11.6 Å². The highest BCUT2D eigenvalue weighted by Gasteiger charge is 2.03. The van der Waals surface area contributed by atoms with Crippen LogP contribution in [0.2, 0.25) is 0 Å². The molecule has 1 aromatic heterocycles. The third-order valence-electron chi connectivity index (χ3n) is 1.78. The number of hydrogen-bond acceptors (Lipinski definition) is 3. The van der Waals surface area contributed by atoms with Gasteiger partial charge in [-0.3, -0.25) is 0 Å². The average Bonchev–Trinajstić information content (AvgIpc) is 2.17. The van der Waals surface area contributed by atoms with Gasteiger partial charge >= 0.3 is 0 Å². The zero-order chi connectivity index (χ0) is 10.4. The third kappa shape index (κ3) is 2.62. The van der Waals surface area contributed by atoms with Gasteiger partial charge in [0.25, 0.3) is 0 Å². The van der Waals surface area contributed by atoms with Gasteiger partial charge in [0.2, 0.25) is 0 Å². The number of rotatable bonds is 5. The summed E-state index contributed by atoms with van der Waals surface area (Å²) in [4.78, 5) is 6.26. The Hall–Kier alpha value is -1.77. The summed E-state index contributed by atoms with van der Waals surface area (Å²) in [5.74, 6) is 1.38. The Balaban J connectivity index is 2.85. The van der Waals surface area contributed by atoms with Crippen molar-refractivity contribution < 1.29 is 0 Å². The minimum atomic E-state index is 0.528. The highest BCUT2D eigenvalue weighted by atomic mass is 15.2. The van der Waals surface area contributed by atoms with Crippen LogP contribution in [-0.2, 0) is 0 Å². The summed E-state index contributed by atoms with van der Waals surface area (Å²) >= 11 is 0. The quantitative estimate of drug-likeness (QED) is 0.719. The standard InChI is InChI=1S/C11H15N3/c1-3-8-14(9-4-2)11-7-5-6-10(12)13-11/h3-7H,1-2,8-9H2,(H2,12,13). The largest absolute Gasteiger partial charge is 0.384 e. The molecule has 0 fully saturated rings. The van der Waals surface area contributed by atoms with Crippen molar-refractivity contribution in [3.63, 3.8) is 0 Å². The van der Waals surface area contributed by atoms with Gasteiger partial charge in [0.1, 0.15) is 11.6 Å². The lowest BCUT2D eigenvalue weighted by Gasteiger charge is -2.20. The van der Waals surface area contributed by atoms with E-state index in [1.54, 1.807) is 6.07 Å². The van der Waals surface area contributed by atoms with E-state index in [9.17, 15) is 0 Å². The summed E-state index contributed by atoms with van der Waals surface area (Å²) in [6.45, 7) is 8.87. The van der Waals surface area contributed by atoms with Gasteiger partial charge in [-0.1, -0.05) is 18.2 Å². The van der Waals surface area contributed by atoms with Gasteiger partial charge in [-0.2, -0.15) is 0 Å². The van der Waals surface area contributed by atoms with Crippen molar-refractivity contribution in [3.05, 3.63) is 43.5 Å². The van der Waals surface area contributed by atoms with E-state index in [0.29, 0.717) is 5.82 Å². The molecule has 1 aromatic rings. The molecule has 0 unspecified atom stereocenters. The first-order chi connectivity index (χ1) is 6.77. The van der Waals surface area contributed by atoms with Gasteiger partial charge in [-0.25, -0.2) is 4.98 Å². The molecule has 2 N–H and O–H groups in total. The average molecular weight is 189 g/mol. The number of nitrogen functional groups attached to an aromatic ring is 1. The molecule has 0 aromatic carbocycles. The smallest absolute Gasteiger partial charge is 0.131 e. The Morgan fingerprint density at radius 2 is 1.93 bits per heavy atom. The number of anilines is 2. The van der Waals surface area contributed by atoms with E-state index in [4.69, 9.17) is 5.73 Å². The highest BCUT2D eigenvalue weighted by molar-refractivity contribution is 5.45. The molecule has 1 rings (SSSR count). The van der Waals surface area contributed by atoms with E-state index in [1.165, 1.54) is 0 Å². The minimum absolute atomic E-state index is 0.528. The van der Waals surface area contributed by atoms with Crippen molar-refractivity contribution in [2.45, 2.75) is 0 Å². The summed E-state index contributed by atoms with van der Waals surface area (Å²) in [7, 11) is 0. The van der Waals surface area contributed by atoms with E-state index < -0.39 is 0 Å². The fourth-order valence-electron chi connectivity index (χ4n) is 1.19. The molecule has 0 radical (unpaired) electrons. The van der Waals surface area contributed by atoms with Crippen molar-refractivity contribution in [3.8, 4) is 0 Å². The normalized spacial score (nSPS) is 9.43. The van der Waals surface area contributed by atoms with Crippen LogP contribution in [0.3, 0.4) is 0 Å². The van der Waals surface area contributed by atoms with Crippen molar-refractivity contribution >= 4 is 11.6 Å². The first kappa shape index (κ1) is 10.3. The van der Waals surface area contributed by atoms with Crippen LogP contribution < -0.4 is 10.6 Å². The molecule has 0 saturated carbocycles. The summed E-state index contributed by atoms with van der Waals surface area (Å²) in [6, 6.07) is 5.57. The highest BCUT2D eigenvalue weighted by Crippen LogP contribution is 2.11. The lowest BCUT2D eigenvalue weighted by Crippen LogP contribution is -2.24. The van der Waals surface area contributed by atoms with Crippen LogP contribution in [0.15, 0.2) is 43.5 Å². The fraction of sp³-hybridized carbons (Fsp3) is 0.182. The molecule has 0 aliphatic rings. The van der Waals surface area contributed by atoms with Gasteiger partial charge < -0.3 is 10.6 Å². The number of hydrogen-bond donors (Lipinski definition) is 1. The molecular weight excluding hydrogens is 174 g/mol. The number of nitrogens with zero attached hydrogens (tertiary/aromatic N) is 2. The van der Waals surface area contributed by atoms with Crippen LogP contribution in [0.25, 0.3) is 0 Å². The van der Waals surface area contributed by atoms with Crippen LogP contribution in [0.5, 0.6) is 0 Å². The molecule has 0 saturated heterocycles. The molecular formula is C11H15N3. The molecule has 0 aliphatic heterocycles. The molecule has 0 spiro atoms. The van der Waals surface area contributed by atoms with Gasteiger partial charge in [-0.05, 0) is 12.1 Å². The monoisotopic (exact) mass is 189 g/mol. The zero-order valence-electron chi connectivity index (χ0n) is 8.19. The maximum absolute atomic E-state index is 5.60. The Morgan fingerprint density at radius 1 is 1.29 bits per heavy atom. The Labute approximate surface area is 84.6 Å². The Bertz CT molecular complexity index is 310. The number of aromatic nitrogens is 1. The first-order valence-electron chi connectivity index (χ1n) is 4.47. The molecule has 0 bridgehead atoms. The fourth-order valence-corrected chi connectivity index (χ4v) is 1.19. The summed E-state index contributed by atoms with van der Waals surface area (Å²) < 4.78 is 0. The molecule has 0 amide bonds. The van der Waals surface area contributed by atoms with Crippen molar-refractivity contribution in [1.82, 2.24) is 4.98 Å².